The first-order valence-corrected chi connectivity index (χ1v) is 14.5. The molecule has 1 saturated heterocycles. The summed E-state index contributed by atoms with van der Waals surface area (Å²) in [6.45, 7) is 16.6. The number of carboxylic acid groups (broad SMARTS) is 2. The van der Waals surface area contributed by atoms with Gasteiger partial charge >= 0.3 is 11.9 Å². The Kier molecular flexibility index (Phi) is 7.91. The highest BCUT2D eigenvalue weighted by Crippen LogP contribution is 2.38. The highest BCUT2D eigenvalue weighted by Gasteiger charge is 2.32. The maximum atomic E-state index is 11.6. The van der Waals surface area contributed by atoms with E-state index in [9.17, 15) is 19.8 Å². The predicted octanol–water partition coefficient (Wildman–Crippen LogP) is 6.09. The Morgan fingerprint density at radius 2 is 1.60 bits per heavy atom. The van der Waals surface area contributed by atoms with Crippen LogP contribution in [0.2, 0.25) is 0 Å². The Labute approximate surface area is 246 Å². The molecule has 0 aromatic carbocycles. The Bertz CT molecular complexity index is 1610. The van der Waals surface area contributed by atoms with Gasteiger partial charge in [0.15, 0.2) is 0 Å². The minimum absolute atomic E-state index is 0.0321. The summed E-state index contributed by atoms with van der Waals surface area (Å²) in [5.74, 6) is -1.41. The summed E-state index contributed by atoms with van der Waals surface area (Å²) < 4.78 is 0. The molecule has 0 spiro atoms. The Hall–Kier alpha value is -4.46. The lowest BCUT2D eigenvalue weighted by molar-refractivity contribution is -0.138. The normalized spacial score (nSPS) is 25.0. The van der Waals surface area contributed by atoms with E-state index in [0.29, 0.717) is 19.3 Å². The standard InChI is InChI=1S/C34H40N4O4/c1-7-21-17(3)25-13-26-19(5)23(9-11-33(39)40)31(37-26)16-32-24(10-12-34(41)42)20(6)28(38-32)15-30-22(8-2)18(4)27(36-30)14-29(21)35-25/h7-8,13-15,17,21,32,35-38H,1-2,9-12,16H2,3-6H3,(H,39,40)(H,41,42)/b25-13-,28-15-,29-14-. The Morgan fingerprint density at radius 1 is 0.929 bits per heavy atom. The Balaban J connectivity index is 1.73. The molecular weight excluding hydrogens is 528 g/mol. The molecule has 2 aromatic heterocycles. The van der Waals surface area contributed by atoms with Crippen LogP contribution in [0.3, 0.4) is 0 Å². The first kappa shape index (κ1) is 29.0. The van der Waals surface area contributed by atoms with Crippen molar-refractivity contribution in [2.75, 3.05) is 0 Å². The summed E-state index contributed by atoms with van der Waals surface area (Å²) in [6, 6.07) is -0.131. The first-order chi connectivity index (χ1) is 20.0. The lowest BCUT2D eigenvalue weighted by Gasteiger charge is -2.17. The van der Waals surface area contributed by atoms with Gasteiger partial charge in [-0.1, -0.05) is 25.7 Å². The molecule has 8 bridgehead atoms. The molecule has 0 radical (unpaired) electrons. The molecule has 5 rings (SSSR count). The van der Waals surface area contributed by atoms with E-state index in [2.05, 4.69) is 65.8 Å². The maximum absolute atomic E-state index is 11.6. The van der Waals surface area contributed by atoms with Gasteiger partial charge in [0, 0.05) is 76.5 Å². The zero-order valence-electron chi connectivity index (χ0n) is 24.8. The SMILES string of the molecule is C=Cc1c2[nH]c(c1C)/C=C1\N/C(=C\c3[nH]c(c(CCC(=O)O)c3C)CC3N/C(=C\2)C(C)=C3CCC(=O)O)C(C)C1C=C. The maximum Gasteiger partial charge on any atom is 0.303 e. The third-order valence-corrected chi connectivity index (χ3v) is 9.14. The van der Waals surface area contributed by atoms with E-state index in [1.54, 1.807) is 0 Å². The average molecular weight is 569 g/mol. The number of nitrogens with one attached hydrogen (secondary N) is 4. The number of aromatic nitrogens is 2. The van der Waals surface area contributed by atoms with E-state index in [-0.39, 0.29) is 30.7 Å². The van der Waals surface area contributed by atoms with Crippen LogP contribution in [0, 0.1) is 25.7 Å². The van der Waals surface area contributed by atoms with Crippen LogP contribution < -0.4 is 10.6 Å². The van der Waals surface area contributed by atoms with Gasteiger partial charge in [-0.3, -0.25) is 9.59 Å². The lowest BCUT2D eigenvalue weighted by Crippen LogP contribution is -2.27. The summed E-state index contributed by atoms with van der Waals surface area (Å²) in [5, 5.41) is 26.3. The number of fused-ring (bicyclic) bond motifs is 8. The van der Waals surface area contributed by atoms with E-state index in [1.807, 2.05) is 26.0 Å². The second-order valence-electron chi connectivity index (χ2n) is 11.6. The monoisotopic (exact) mass is 568 g/mol. The summed E-state index contributed by atoms with van der Waals surface area (Å²) in [5.41, 5.74) is 13.1. The smallest absolute Gasteiger partial charge is 0.303 e. The number of aliphatic carboxylic acids is 2. The van der Waals surface area contributed by atoms with Gasteiger partial charge in [-0.25, -0.2) is 0 Å². The van der Waals surface area contributed by atoms with Crippen LogP contribution in [0.4, 0.5) is 0 Å². The van der Waals surface area contributed by atoms with Gasteiger partial charge in [0.1, 0.15) is 0 Å². The van der Waals surface area contributed by atoms with Gasteiger partial charge in [-0.15, -0.1) is 6.58 Å². The van der Waals surface area contributed by atoms with E-state index in [0.717, 1.165) is 73.3 Å². The molecule has 0 saturated carbocycles. The molecule has 6 N–H and O–H groups in total. The van der Waals surface area contributed by atoms with Crippen molar-refractivity contribution in [1.29, 1.82) is 0 Å². The fourth-order valence-electron chi connectivity index (χ4n) is 6.65. The van der Waals surface area contributed by atoms with Crippen LogP contribution in [-0.2, 0) is 22.4 Å². The summed E-state index contributed by atoms with van der Waals surface area (Å²) >= 11 is 0. The highest BCUT2D eigenvalue weighted by atomic mass is 16.4. The van der Waals surface area contributed by atoms with Gasteiger partial charge < -0.3 is 30.8 Å². The minimum atomic E-state index is -0.838. The first-order valence-electron chi connectivity index (χ1n) is 14.5. The van der Waals surface area contributed by atoms with Crippen molar-refractivity contribution in [3.63, 3.8) is 0 Å². The van der Waals surface area contributed by atoms with Crippen molar-refractivity contribution in [3.8, 4) is 0 Å². The molecule has 5 heterocycles. The minimum Gasteiger partial charge on any atom is -0.481 e. The Morgan fingerprint density at radius 3 is 2.26 bits per heavy atom. The molecule has 3 aliphatic rings. The van der Waals surface area contributed by atoms with Crippen LogP contribution >= 0.6 is 0 Å². The van der Waals surface area contributed by atoms with Crippen LogP contribution in [0.15, 0.2) is 47.5 Å². The molecule has 0 aliphatic carbocycles. The number of H-pyrrole nitrogens is 2. The fourth-order valence-corrected chi connectivity index (χ4v) is 6.65. The van der Waals surface area contributed by atoms with Gasteiger partial charge in [-0.2, -0.15) is 0 Å². The van der Waals surface area contributed by atoms with Crippen LogP contribution in [0.1, 0.15) is 78.1 Å². The molecule has 3 aliphatic heterocycles. The molecule has 42 heavy (non-hydrogen) atoms. The molecule has 3 atom stereocenters. The molecule has 0 amide bonds. The number of rotatable bonds is 8. The van der Waals surface area contributed by atoms with E-state index < -0.39 is 11.9 Å². The van der Waals surface area contributed by atoms with Crippen molar-refractivity contribution in [2.45, 2.75) is 65.8 Å². The van der Waals surface area contributed by atoms with Gasteiger partial charge in [0.25, 0.3) is 0 Å². The largest absolute Gasteiger partial charge is 0.481 e. The lowest BCUT2D eigenvalue weighted by atomic mass is 9.92. The number of allylic oxidation sites excluding steroid dienone is 3. The van der Waals surface area contributed by atoms with Gasteiger partial charge in [0.05, 0.1) is 6.04 Å². The van der Waals surface area contributed by atoms with Gasteiger partial charge in [-0.05, 0) is 79.7 Å². The quantitative estimate of drug-likeness (QED) is 0.214. The third kappa shape index (κ3) is 5.29. The number of hydrogen-bond donors (Lipinski definition) is 6. The molecule has 220 valence electrons. The second kappa shape index (κ2) is 11.4. The van der Waals surface area contributed by atoms with Crippen LogP contribution in [-0.4, -0.2) is 38.2 Å². The number of aromatic amines is 2. The predicted molar refractivity (Wildman–Crippen MR) is 167 cm³/mol. The fraction of sp³-hybridized carbons (Fsp3) is 0.353. The van der Waals surface area contributed by atoms with E-state index in [4.69, 9.17) is 0 Å². The second-order valence-corrected chi connectivity index (χ2v) is 11.6. The molecule has 8 heteroatoms. The average Bonchev–Trinajstić information content (AvgIpc) is 3.59. The van der Waals surface area contributed by atoms with Crippen molar-refractivity contribution in [3.05, 3.63) is 92.5 Å². The topological polar surface area (TPSA) is 130 Å². The third-order valence-electron chi connectivity index (χ3n) is 9.14. The van der Waals surface area contributed by atoms with Crippen LogP contribution in [0.25, 0.3) is 24.3 Å². The number of carbonyl (C=O) groups is 2. The van der Waals surface area contributed by atoms with Crippen molar-refractivity contribution < 1.29 is 19.8 Å². The van der Waals surface area contributed by atoms with Crippen molar-refractivity contribution in [1.82, 2.24) is 20.6 Å². The van der Waals surface area contributed by atoms with E-state index in [1.165, 1.54) is 0 Å². The number of hydrogen-bond acceptors (Lipinski definition) is 4. The highest BCUT2D eigenvalue weighted by molar-refractivity contribution is 5.75. The summed E-state index contributed by atoms with van der Waals surface area (Å²) in [4.78, 5) is 30.4. The van der Waals surface area contributed by atoms with Gasteiger partial charge in [0.2, 0.25) is 0 Å². The van der Waals surface area contributed by atoms with Crippen LogP contribution in [0.5, 0.6) is 0 Å². The molecule has 8 nitrogen and oxygen atoms in total. The van der Waals surface area contributed by atoms with E-state index >= 15 is 0 Å². The zero-order chi connectivity index (χ0) is 30.3. The zero-order valence-corrected chi connectivity index (χ0v) is 24.8. The van der Waals surface area contributed by atoms with Crippen molar-refractivity contribution >= 4 is 36.2 Å². The van der Waals surface area contributed by atoms with Crippen molar-refractivity contribution in [2.24, 2.45) is 11.8 Å². The summed E-state index contributed by atoms with van der Waals surface area (Å²) in [6.07, 6.45) is 11.7. The molecule has 2 aromatic rings. The number of carboxylic acids is 2. The molecular formula is C34H40N4O4. The molecule has 1 fully saturated rings. The summed E-state index contributed by atoms with van der Waals surface area (Å²) in [7, 11) is 0. The molecule has 3 unspecified atom stereocenters.